The molecule has 1 unspecified atom stereocenters. The molecule has 3 nitrogen and oxygen atoms in total. The highest BCUT2D eigenvalue weighted by molar-refractivity contribution is 7.99. The Bertz CT molecular complexity index is 398. The SMILES string of the molecule is Cc1nc(C2CCCS2)ncc1CNC1CC1. The lowest BCUT2D eigenvalue weighted by molar-refractivity contribution is 0.674. The molecule has 0 spiro atoms. The van der Waals surface area contributed by atoms with Crippen molar-refractivity contribution >= 4 is 11.8 Å². The largest absolute Gasteiger partial charge is 0.310 e. The fourth-order valence-corrected chi connectivity index (χ4v) is 3.38. The van der Waals surface area contributed by atoms with E-state index in [1.807, 2.05) is 18.0 Å². The Hall–Kier alpha value is -0.610. The Morgan fingerprint density at radius 1 is 1.41 bits per heavy atom. The quantitative estimate of drug-likeness (QED) is 0.890. The van der Waals surface area contributed by atoms with E-state index in [1.54, 1.807) is 0 Å². The summed E-state index contributed by atoms with van der Waals surface area (Å²) in [5.41, 5.74) is 2.40. The third-order valence-corrected chi connectivity index (χ3v) is 4.85. The topological polar surface area (TPSA) is 37.8 Å². The Morgan fingerprint density at radius 2 is 2.29 bits per heavy atom. The monoisotopic (exact) mass is 249 g/mol. The van der Waals surface area contributed by atoms with E-state index in [4.69, 9.17) is 0 Å². The molecule has 1 N–H and O–H groups in total. The Balaban J connectivity index is 1.68. The lowest BCUT2D eigenvalue weighted by Gasteiger charge is -2.11. The average molecular weight is 249 g/mol. The lowest BCUT2D eigenvalue weighted by Crippen LogP contribution is -2.17. The highest BCUT2D eigenvalue weighted by Crippen LogP contribution is 2.38. The van der Waals surface area contributed by atoms with E-state index in [0.29, 0.717) is 5.25 Å². The fourth-order valence-electron chi connectivity index (χ4n) is 2.16. The molecule has 1 saturated carbocycles. The Labute approximate surface area is 107 Å². The summed E-state index contributed by atoms with van der Waals surface area (Å²) >= 11 is 2.00. The second-order valence-electron chi connectivity index (χ2n) is 5.00. The molecule has 0 bridgehead atoms. The normalized spacial score (nSPS) is 24.2. The third-order valence-electron chi connectivity index (χ3n) is 3.48. The molecule has 0 amide bonds. The van der Waals surface area contributed by atoms with Crippen molar-refractivity contribution in [1.29, 1.82) is 0 Å². The van der Waals surface area contributed by atoms with Gasteiger partial charge in [-0.25, -0.2) is 9.97 Å². The first-order valence-electron chi connectivity index (χ1n) is 6.50. The highest BCUT2D eigenvalue weighted by Gasteiger charge is 2.22. The first kappa shape index (κ1) is 11.5. The number of thioether (sulfide) groups is 1. The van der Waals surface area contributed by atoms with Gasteiger partial charge in [-0.1, -0.05) is 0 Å². The van der Waals surface area contributed by atoms with E-state index in [2.05, 4.69) is 22.2 Å². The molecule has 3 rings (SSSR count). The molecule has 2 heterocycles. The van der Waals surface area contributed by atoms with Crippen LogP contribution in [0.25, 0.3) is 0 Å². The van der Waals surface area contributed by atoms with Crippen molar-refractivity contribution in [2.75, 3.05) is 5.75 Å². The predicted octanol–water partition coefficient (Wildman–Crippen LogP) is 2.61. The summed E-state index contributed by atoms with van der Waals surface area (Å²) in [7, 11) is 0. The van der Waals surface area contributed by atoms with E-state index in [9.17, 15) is 0 Å². The summed E-state index contributed by atoms with van der Waals surface area (Å²) in [5, 5.41) is 4.06. The summed E-state index contributed by atoms with van der Waals surface area (Å²) in [6.07, 6.45) is 7.23. The number of hydrogen-bond donors (Lipinski definition) is 1. The van der Waals surface area contributed by atoms with Gasteiger partial charge in [-0.3, -0.25) is 0 Å². The van der Waals surface area contributed by atoms with E-state index >= 15 is 0 Å². The van der Waals surface area contributed by atoms with Gasteiger partial charge in [0, 0.05) is 30.0 Å². The second kappa shape index (κ2) is 4.94. The van der Waals surface area contributed by atoms with Crippen LogP contribution in [0.4, 0.5) is 0 Å². The van der Waals surface area contributed by atoms with Crippen LogP contribution in [0.5, 0.6) is 0 Å². The molecule has 17 heavy (non-hydrogen) atoms. The maximum Gasteiger partial charge on any atom is 0.141 e. The standard InChI is InChI=1S/C13H19N3S/c1-9-10(7-14-11-4-5-11)8-15-13(16-9)12-3-2-6-17-12/h8,11-12,14H,2-7H2,1H3. The Kier molecular flexibility index (Phi) is 3.34. The zero-order valence-corrected chi connectivity index (χ0v) is 11.1. The molecular weight excluding hydrogens is 230 g/mol. The summed E-state index contributed by atoms with van der Waals surface area (Å²) < 4.78 is 0. The van der Waals surface area contributed by atoms with Crippen LogP contribution < -0.4 is 5.32 Å². The number of rotatable bonds is 4. The molecule has 1 aliphatic heterocycles. The lowest BCUT2D eigenvalue weighted by atomic mass is 10.2. The summed E-state index contributed by atoms with van der Waals surface area (Å²) in [6.45, 7) is 3.03. The molecular formula is C13H19N3S. The molecule has 2 fully saturated rings. The summed E-state index contributed by atoms with van der Waals surface area (Å²) in [6, 6.07) is 0.750. The molecule has 1 aromatic heterocycles. The minimum atomic E-state index is 0.541. The average Bonchev–Trinajstić information content (AvgIpc) is 3.00. The molecule has 1 saturated heterocycles. The first-order chi connectivity index (χ1) is 8.33. The van der Waals surface area contributed by atoms with Crippen LogP contribution in [0, 0.1) is 6.92 Å². The van der Waals surface area contributed by atoms with Crippen LogP contribution >= 0.6 is 11.8 Å². The molecule has 1 atom stereocenters. The van der Waals surface area contributed by atoms with Crippen molar-refractivity contribution in [1.82, 2.24) is 15.3 Å². The van der Waals surface area contributed by atoms with Gasteiger partial charge in [0.15, 0.2) is 0 Å². The van der Waals surface area contributed by atoms with Crippen LogP contribution in [0.3, 0.4) is 0 Å². The maximum atomic E-state index is 4.68. The van der Waals surface area contributed by atoms with E-state index in [0.717, 1.165) is 24.1 Å². The predicted molar refractivity (Wildman–Crippen MR) is 71.1 cm³/mol. The fraction of sp³-hybridized carbons (Fsp3) is 0.692. The van der Waals surface area contributed by atoms with Gasteiger partial charge in [-0.05, 0) is 38.4 Å². The van der Waals surface area contributed by atoms with Crippen LogP contribution in [0.1, 0.15) is 48.0 Å². The van der Waals surface area contributed by atoms with Crippen molar-refractivity contribution in [2.45, 2.75) is 50.4 Å². The van der Waals surface area contributed by atoms with Crippen molar-refractivity contribution in [3.8, 4) is 0 Å². The minimum Gasteiger partial charge on any atom is -0.310 e. The number of aryl methyl sites for hydroxylation is 1. The van der Waals surface area contributed by atoms with Crippen molar-refractivity contribution in [3.05, 3.63) is 23.3 Å². The molecule has 2 aliphatic rings. The van der Waals surface area contributed by atoms with Crippen LogP contribution in [0.2, 0.25) is 0 Å². The molecule has 1 aliphatic carbocycles. The van der Waals surface area contributed by atoms with Gasteiger partial charge in [0.1, 0.15) is 5.82 Å². The highest BCUT2D eigenvalue weighted by atomic mass is 32.2. The first-order valence-corrected chi connectivity index (χ1v) is 7.55. The van der Waals surface area contributed by atoms with Crippen LogP contribution in [0.15, 0.2) is 6.20 Å². The van der Waals surface area contributed by atoms with Gasteiger partial charge < -0.3 is 5.32 Å². The number of nitrogens with zero attached hydrogens (tertiary/aromatic N) is 2. The zero-order valence-electron chi connectivity index (χ0n) is 10.3. The van der Waals surface area contributed by atoms with E-state index in [-0.39, 0.29) is 0 Å². The summed E-state index contributed by atoms with van der Waals surface area (Å²) in [5.74, 6) is 2.30. The zero-order chi connectivity index (χ0) is 11.7. The third kappa shape index (κ3) is 2.80. The van der Waals surface area contributed by atoms with Gasteiger partial charge in [0.2, 0.25) is 0 Å². The molecule has 92 valence electrons. The maximum absolute atomic E-state index is 4.68. The van der Waals surface area contributed by atoms with E-state index in [1.165, 1.54) is 37.0 Å². The van der Waals surface area contributed by atoms with Crippen molar-refractivity contribution < 1.29 is 0 Å². The van der Waals surface area contributed by atoms with Gasteiger partial charge in [-0.15, -0.1) is 0 Å². The van der Waals surface area contributed by atoms with Gasteiger partial charge in [0.05, 0.1) is 5.25 Å². The summed E-state index contributed by atoms with van der Waals surface area (Å²) in [4.78, 5) is 9.23. The van der Waals surface area contributed by atoms with E-state index < -0.39 is 0 Å². The number of aromatic nitrogens is 2. The molecule has 0 aromatic carbocycles. The number of hydrogen-bond acceptors (Lipinski definition) is 4. The smallest absolute Gasteiger partial charge is 0.141 e. The van der Waals surface area contributed by atoms with Crippen LogP contribution in [-0.2, 0) is 6.54 Å². The van der Waals surface area contributed by atoms with Crippen molar-refractivity contribution in [2.24, 2.45) is 0 Å². The second-order valence-corrected chi connectivity index (χ2v) is 6.31. The van der Waals surface area contributed by atoms with Gasteiger partial charge in [0.25, 0.3) is 0 Å². The van der Waals surface area contributed by atoms with Crippen LogP contribution in [-0.4, -0.2) is 21.8 Å². The Morgan fingerprint density at radius 3 is 2.94 bits per heavy atom. The molecule has 4 heteroatoms. The van der Waals surface area contributed by atoms with Gasteiger partial charge in [-0.2, -0.15) is 11.8 Å². The number of nitrogens with one attached hydrogen (secondary N) is 1. The molecule has 0 radical (unpaired) electrons. The molecule has 1 aromatic rings. The van der Waals surface area contributed by atoms with Gasteiger partial charge >= 0.3 is 0 Å². The minimum absolute atomic E-state index is 0.541. The van der Waals surface area contributed by atoms with Crippen molar-refractivity contribution in [3.63, 3.8) is 0 Å².